The molecule has 0 radical (unpaired) electrons. The van der Waals surface area contributed by atoms with Crippen molar-refractivity contribution in [1.82, 2.24) is 0 Å². The van der Waals surface area contributed by atoms with Crippen molar-refractivity contribution < 1.29 is 9.21 Å². The molecule has 2 nitrogen and oxygen atoms in total. The summed E-state index contributed by atoms with van der Waals surface area (Å²) in [5, 5.41) is 0. The fraction of sp³-hybridized carbons (Fsp3) is 0.0417. The molecule has 4 rings (SSSR count). The lowest BCUT2D eigenvalue weighted by molar-refractivity contribution is 0.103. The van der Waals surface area contributed by atoms with E-state index in [0.717, 1.165) is 16.7 Å². The zero-order valence-corrected chi connectivity index (χ0v) is 14.3. The first-order valence-electron chi connectivity index (χ1n) is 8.62. The topological polar surface area (TPSA) is 30.2 Å². The highest BCUT2D eigenvalue weighted by atomic mass is 16.3. The molecule has 1 heterocycles. The third-order valence-corrected chi connectivity index (χ3v) is 4.40. The van der Waals surface area contributed by atoms with Crippen LogP contribution in [0, 0.1) is 0 Å². The maximum atomic E-state index is 13.3. The summed E-state index contributed by atoms with van der Waals surface area (Å²) in [5.74, 6) is 0.620. The quantitative estimate of drug-likeness (QED) is 0.433. The van der Waals surface area contributed by atoms with Gasteiger partial charge in [-0.05, 0) is 5.56 Å². The summed E-state index contributed by atoms with van der Waals surface area (Å²) in [5.41, 5.74) is 4.27. The van der Waals surface area contributed by atoms with Crippen molar-refractivity contribution in [2.45, 2.75) is 6.42 Å². The first kappa shape index (κ1) is 16.1. The second-order valence-corrected chi connectivity index (χ2v) is 6.19. The molecule has 3 aromatic carbocycles. The second kappa shape index (κ2) is 7.24. The van der Waals surface area contributed by atoms with Crippen LogP contribution in [0.25, 0.3) is 11.3 Å². The van der Waals surface area contributed by atoms with Crippen LogP contribution in [-0.4, -0.2) is 5.78 Å². The van der Waals surface area contributed by atoms with Crippen molar-refractivity contribution in [3.05, 3.63) is 120 Å². The van der Waals surface area contributed by atoms with E-state index >= 15 is 0 Å². The summed E-state index contributed by atoms with van der Waals surface area (Å²) < 4.78 is 5.88. The number of carbonyl (C=O) groups is 1. The van der Waals surface area contributed by atoms with Gasteiger partial charge in [0.15, 0.2) is 5.78 Å². The minimum Gasteiger partial charge on any atom is -0.463 e. The molecule has 126 valence electrons. The Labute approximate surface area is 152 Å². The first-order chi connectivity index (χ1) is 12.8. The molecule has 0 saturated heterocycles. The van der Waals surface area contributed by atoms with E-state index in [1.54, 1.807) is 6.26 Å². The summed E-state index contributed by atoms with van der Waals surface area (Å²) >= 11 is 0. The van der Waals surface area contributed by atoms with E-state index in [2.05, 4.69) is 12.1 Å². The molecule has 0 N–H and O–H groups in total. The zero-order chi connectivity index (χ0) is 17.8. The van der Waals surface area contributed by atoms with Crippen LogP contribution in [0.1, 0.15) is 27.0 Å². The molecule has 0 aliphatic rings. The number of hydrogen-bond acceptors (Lipinski definition) is 2. The van der Waals surface area contributed by atoms with Gasteiger partial charge in [0, 0.05) is 23.1 Å². The van der Waals surface area contributed by atoms with E-state index in [4.69, 9.17) is 4.42 Å². The van der Waals surface area contributed by atoms with Gasteiger partial charge >= 0.3 is 0 Å². The predicted molar refractivity (Wildman–Crippen MR) is 103 cm³/mol. The molecule has 4 aromatic rings. The van der Waals surface area contributed by atoms with Gasteiger partial charge in [-0.2, -0.15) is 0 Å². The van der Waals surface area contributed by atoms with Crippen molar-refractivity contribution >= 4 is 5.78 Å². The molecule has 0 aliphatic carbocycles. The van der Waals surface area contributed by atoms with Gasteiger partial charge in [0.05, 0.1) is 11.8 Å². The standard InChI is InChI=1S/C24H18O2/c25-23(19-12-6-2-7-13-19)22-21(16-18-10-4-1-5-11-18)17-26-24(22)20-14-8-3-9-15-20/h1-15,17H,16H2. The molecule has 0 saturated carbocycles. The third-order valence-electron chi connectivity index (χ3n) is 4.40. The fourth-order valence-corrected chi connectivity index (χ4v) is 3.12. The number of ketones is 1. The van der Waals surface area contributed by atoms with Crippen LogP contribution in [0.4, 0.5) is 0 Å². The van der Waals surface area contributed by atoms with Crippen LogP contribution in [0.5, 0.6) is 0 Å². The van der Waals surface area contributed by atoms with E-state index in [1.165, 1.54) is 0 Å². The highest BCUT2D eigenvalue weighted by Gasteiger charge is 2.23. The largest absolute Gasteiger partial charge is 0.463 e. The summed E-state index contributed by atoms with van der Waals surface area (Å²) in [6.07, 6.45) is 2.37. The minimum absolute atomic E-state index is 0.0101. The lowest BCUT2D eigenvalue weighted by Crippen LogP contribution is -2.05. The van der Waals surface area contributed by atoms with Crippen molar-refractivity contribution in [3.63, 3.8) is 0 Å². The number of benzene rings is 3. The molecule has 0 atom stereocenters. The van der Waals surface area contributed by atoms with E-state index in [-0.39, 0.29) is 5.78 Å². The van der Waals surface area contributed by atoms with Gasteiger partial charge in [-0.15, -0.1) is 0 Å². The Kier molecular flexibility index (Phi) is 4.48. The van der Waals surface area contributed by atoms with Crippen molar-refractivity contribution in [1.29, 1.82) is 0 Å². The smallest absolute Gasteiger partial charge is 0.197 e. The molecule has 0 bridgehead atoms. The highest BCUT2D eigenvalue weighted by Crippen LogP contribution is 2.31. The Morgan fingerprint density at radius 3 is 1.96 bits per heavy atom. The Morgan fingerprint density at radius 1 is 0.731 bits per heavy atom. The third kappa shape index (κ3) is 3.22. The van der Waals surface area contributed by atoms with Crippen LogP contribution in [0.2, 0.25) is 0 Å². The van der Waals surface area contributed by atoms with Crippen LogP contribution in [0.3, 0.4) is 0 Å². The van der Waals surface area contributed by atoms with Gasteiger partial charge in [0.25, 0.3) is 0 Å². The fourth-order valence-electron chi connectivity index (χ4n) is 3.12. The van der Waals surface area contributed by atoms with Crippen LogP contribution in [0.15, 0.2) is 102 Å². The average Bonchev–Trinajstić information content (AvgIpc) is 3.13. The summed E-state index contributed by atoms with van der Waals surface area (Å²) in [6.45, 7) is 0. The Bertz CT molecular complexity index is 1000. The Balaban J connectivity index is 1.82. The van der Waals surface area contributed by atoms with E-state index in [1.807, 2.05) is 78.9 Å². The number of furan rings is 1. The van der Waals surface area contributed by atoms with Gasteiger partial charge < -0.3 is 4.42 Å². The van der Waals surface area contributed by atoms with E-state index in [9.17, 15) is 4.79 Å². The molecular weight excluding hydrogens is 320 g/mol. The van der Waals surface area contributed by atoms with Crippen molar-refractivity contribution in [2.24, 2.45) is 0 Å². The van der Waals surface area contributed by atoms with Crippen LogP contribution < -0.4 is 0 Å². The van der Waals surface area contributed by atoms with Gasteiger partial charge in [-0.1, -0.05) is 91.0 Å². The van der Waals surface area contributed by atoms with Gasteiger partial charge in [-0.3, -0.25) is 4.79 Å². The molecule has 0 amide bonds. The minimum atomic E-state index is -0.0101. The lowest BCUT2D eigenvalue weighted by atomic mass is 9.94. The van der Waals surface area contributed by atoms with Crippen LogP contribution in [-0.2, 0) is 6.42 Å². The molecular formula is C24H18O2. The SMILES string of the molecule is O=C(c1ccccc1)c1c(Cc2ccccc2)coc1-c1ccccc1. The molecule has 0 spiro atoms. The lowest BCUT2D eigenvalue weighted by Gasteiger charge is -2.06. The summed E-state index contributed by atoms with van der Waals surface area (Å²) in [4.78, 5) is 13.3. The highest BCUT2D eigenvalue weighted by molar-refractivity contribution is 6.13. The molecule has 1 aromatic heterocycles. The normalized spacial score (nSPS) is 10.6. The first-order valence-corrected chi connectivity index (χ1v) is 8.62. The zero-order valence-electron chi connectivity index (χ0n) is 14.3. The second-order valence-electron chi connectivity index (χ2n) is 6.19. The van der Waals surface area contributed by atoms with Gasteiger partial charge in [0.2, 0.25) is 0 Å². The molecule has 0 unspecified atom stereocenters. The van der Waals surface area contributed by atoms with Crippen molar-refractivity contribution in [2.75, 3.05) is 0 Å². The van der Waals surface area contributed by atoms with Gasteiger partial charge in [-0.25, -0.2) is 0 Å². The average molecular weight is 338 g/mol. The molecule has 2 heteroatoms. The number of rotatable bonds is 5. The summed E-state index contributed by atoms with van der Waals surface area (Å²) in [6, 6.07) is 29.3. The number of carbonyl (C=O) groups excluding carboxylic acids is 1. The Hall–Kier alpha value is -3.39. The Morgan fingerprint density at radius 2 is 1.31 bits per heavy atom. The molecule has 0 aliphatic heterocycles. The predicted octanol–water partition coefficient (Wildman–Crippen LogP) is 5.77. The van der Waals surface area contributed by atoms with Gasteiger partial charge in [0.1, 0.15) is 5.76 Å². The maximum Gasteiger partial charge on any atom is 0.197 e. The molecule has 0 fully saturated rings. The molecule has 26 heavy (non-hydrogen) atoms. The maximum absolute atomic E-state index is 13.3. The summed E-state index contributed by atoms with van der Waals surface area (Å²) in [7, 11) is 0. The van der Waals surface area contributed by atoms with E-state index < -0.39 is 0 Å². The van der Waals surface area contributed by atoms with Crippen LogP contribution >= 0.6 is 0 Å². The number of hydrogen-bond donors (Lipinski definition) is 0. The van der Waals surface area contributed by atoms with E-state index in [0.29, 0.717) is 23.3 Å². The van der Waals surface area contributed by atoms with Crippen molar-refractivity contribution in [3.8, 4) is 11.3 Å². The monoisotopic (exact) mass is 338 g/mol.